The summed E-state index contributed by atoms with van der Waals surface area (Å²) in [4.78, 5) is 17.2. The predicted molar refractivity (Wildman–Crippen MR) is 89.9 cm³/mol. The van der Waals surface area contributed by atoms with Gasteiger partial charge in [0.15, 0.2) is 5.69 Å². The van der Waals surface area contributed by atoms with E-state index in [-0.39, 0.29) is 11.9 Å². The number of hydrogen-bond donors (Lipinski definition) is 1. The number of morpholine rings is 1. The van der Waals surface area contributed by atoms with Gasteiger partial charge in [0.05, 0.1) is 19.3 Å². The maximum absolute atomic E-state index is 12.9. The largest absolute Gasteiger partial charge is 0.379 e. The van der Waals surface area contributed by atoms with Crippen molar-refractivity contribution in [1.82, 2.24) is 20.0 Å². The Morgan fingerprint density at radius 2 is 1.96 bits per heavy atom. The van der Waals surface area contributed by atoms with E-state index in [9.17, 15) is 4.79 Å². The number of hydrogen-bond acceptors (Lipinski definition) is 4. The number of rotatable bonds is 4. The van der Waals surface area contributed by atoms with Crippen LogP contribution in [0.25, 0.3) is 0 Å². The van der Waals surface area contributed by atoms with Crippen LogP contribution >= 0.6 is 0 Å². The fourth-order valence-electron chi connectivity index (χ4n) is 3.63. The lowest BCUT2D eigenvalue weighted by atomic mass is 9.99. The molecule has 1 atom stereocenters. The highest BCUT2D eigenvalue weighted by Crippen LogP contribution is 2.38. The molecule has 1 amide bonds. The number of fused-ring (bicyclic) bond motifs is 1. The number of ether oxygens (including phenoxy) is 1. The fourth-order valence-corrected chi connectivity index (χ4v) is 3.63. The van der Waals surface area contributed by atoms with E-state index in [0.29, 0.717) is 12.2 Å². The predicted octanol–water partition coefficient (Wildman–Crippen LogP) is 1.60. The Bertz CT molecular complexity index is 722. The topological polar surface area (TPSA) is 61.5 Å². The smallest absolute Gasteiger partial charge is 0.275 e. The molecule has 6 nitrogen and oxygen atoms in total. The summed E-state index contributed by atoms with van der Waals surface area (Å²) in [6.07, 6.45) is 0. The highest BCUT2D eigenvalue weighted by Gasteiger charge is 2.41. The summed E-state index contributed by atoms with van der Waals surface area (Å²) in [7, 11) is 0. The van der Waals surface area contributed by atoms with E-state index in [0.717, 1.165) is 49.7 Å². The van der Waals surface area contributed by atoms with Crippen LogP contribution in [0.3, 0.4) is 0 Å². The van der Waals surface area contributed by atoms with Crippen molar-refractivity contribution in [2.24, 2.45) is 0 Å². The Kier molecular flexibility index (Phi) is 4.08. The van der Waals surface area contributed by atoms with E-state index in [1.165, 1.54) is 0 Å². The molecule has 1 aromatic carbocycles. The van der Waals surface area contributed by atoms with Gasteiger partial charge in [0.2, 0.25) is 0 Å². The lowest BCUT2D eigenvalue weighted by Crippen LogP contribution is -2.42. The van der Waals surface area contributed by atoms with Gasteiger partial charge in [0.1, 0.15) is 0 Å². The first-order chi connectivity index (χ1) is 11.8. The molecule has 2 aromatic rings. The molecule has 2 aliphatic rings. The second kappa shape index (κ2) is 6.37. The minimum atomic E-state index is -0.0477. The van der Waals surface area contributed by atoms with Crippen molar-refractivity contribution in [1.29, 1.82) is 0 Å². The van der Waals surface area contributed by atoms with E-state index in [1.807, 2.05) is 30.0 Å². The quantitative estimate of drug-likeness (QED) is 0.927. The third-order valence-electron chi connectivity index (χ3n) is 4.92. The Hall–Kier alpha value is -2.18. The number of aryl methyl sites for hydroxylation is 1. The fraction of sp³-hybridized carbons (Fsp3) is 0.444. The second-order valence-corrected chi connectivity index (χ2v) is 6.38. The van der Waals surface area contributed by atoms with E-state index in [4.69, 9.17) is 4.74 Å². The van der Waals surface area contributed by atoms with Crippen LogP contribution in [0.15, 0.2) is 30.3 Å². The summed E-state index contributed by atoms with van der Waals surface area (Å²) in [5.74, 6) is 0.0245. The van der Waals surface area contributed by atoms with Gasteiger partial charge in [-0.15, -0.1) is 0 Å². The van der Waals surface area contributed by atoms with Crippen molar-refractivity contribution in [3.8, 4) is 0 Å². The normalized spacial score (nSPS) is 21.3. The first-order valence-corrected chi connectivity index (χ1v) is 8.46. The molecule has 1 N–H and O–H groups in total. The molecule has 0 saturated carbocycles. The Labute approximate surface area is 141 Å². The number of carbonyl (C=O) groups is 1. The molecule has 1 fully saturated rings. The average molecular weight is 326 g/mol. The lowest BCUT2D eigenvalue weighted by Gasteiger charge is -2.31. The van der Waals surface area contributed by atoms with E-state index in [2.05, 4.69) is 27.2 Å². The van der Waals surface area contributed by atoms with Crippen molar-refractivity contribution in [3.05, 3.63) is 52.8 Å². The Balaban J connectivity index is 1.61. The van der Waals surface area contributed by atoms with Crippen LogP contribution in [0.5, 0.6) is 0 Å². The number of H-pyrrole nitrogens is 1. The molecule has 3 heterocycles. The van der Waals surface area contributed by atoms with E-state index < -0.39 is 0 Å². The van der Waals surface area contributed by atoms with Gasteiger partial charge in [0.25, 0.3) is 5.91 Å². The van der Waals surface area contributed by atoms with E-state index in [1.54, 1.807) is 0 Å². The molecule has 6 heteroatoms. The lowest BCUT2D eigenvalue weighted by molar-refractivity contribution is 0.0316. The minimum absolute atomic E-state index is 0.0245. The van der Waals surface area contributed by atoms with Crippen molar-refractivity contribution in [2.75, 3.05) is 39.4 Å². The zero-order valence-corrected chi connectivity index (χ0v) is 13.9. The number of carbonyl (C=O) groups excluding carboxylic acids is 1. The van der Waals surface area contributed by atoms with Gasteiger partial charge in [0, 0.05) is 37.4 Å². The SMILES string of the molecule is Cc1[nH]nc2c1[C@H](c1ccccc1)N(CCN1CCOCC1)C2=O. The number of benzene rings is 1. The number of amides is 1. The molecule has 0 radical (unpaired) electrons. The Morgan fingerprint density at radius 3 is 2.71 bits per heavy atom. The molecule has 0 bridgehead atoms. The van der Waals surface area contributed by atoms with Crippen molar-refractivity contribution < 1.29 is 9.53 Å². The molecule has 0 aliphatic carbocycles. The second-order valence-electron chi connectivity index (χ2n) is 6.38. The first-order valence-electron chi connectivity index (χ1n) is 8.46. The van der Waals surface area contributed by atoms with Gasteiger partial charge < -0.3 is 9.64 Å². The Morgan fingerprint density at radius 1 is 1.21 bits per heavy atom. The van der Waals surface area contributed by atoms with Gasteiger partial charge in [-0.05, 0) is 12.5 Å². The summed E-state index contributed by atoms with van der Waals surface area (Å²) >= 11 is 0. The molecule has 126 valence electrons. The highest BCUT2D eigenvalue weighted by atomic mass is 16.5. The standard InChI is InChI=1S/C18H22N4O2/c1-13-15-16(20-19-13)18(23)22(8-7-21-9-11-24-12-10-21)17(15)14-5-3-2-4-6-14/h2-6,17H,7-12H2,1H3,(H,19,20)/t17-/m0/s1. The van der Waals surface area contributed by atoms with Crippen LogP contribution in [-0.4, -0.2) is 65.3 Å². The highest BCUT2D eigenvalue weighted by molar-refractivity contribution is 5.98. The van der Waals surface area contributed by atoms with E-state index >= 15 is 0 Å². The monoisotopic (exact) mass is 326 g/mol. The molecule has 2 aliphatic heterocycles. The maximum Gasteiger partial charge on any atom is 0.275 e. The summed E-state index contributed by atoms with van der Waals surface area (Å²) in [6.45, 7) is 6.97. The maximum atomic E-state index is 12.9. The number of aromatic nitrogens is 2. The molecule has 1 saturated heterocycles. The van der Waals surface area contributed by atoms with Crippen LogP contribution in [0.4, 0.5) is 0 Å². The van der Waals surface area contributed by atoms with Gasteiger partial charge in [-0.3, -0.25) is 14.8 Å². The zero-order chi connectivity index (χ0) is 16.5. The average Bonchev–Trinajstić information content (AvgIpc) is 3.13. The van der Waals surface area contributed by atoms with Gasteiger partial charge >= 0.3 is 0 Å². The summed E-state index contributed by atoms with van der Waals surface area (Å²) < 4.78 is 5.40. The molecule has 24 heavy (non-hydrogen) atoms. The number of aromatic amines is 1. The van der Waals surface area contributed by atoms with Crippen molar-refractivity contribution in [2.45, 2.75) is 13.0 Å². The summed E-state index contributed by atoms with van der Waals surface area (Å²) in [5.41, 5.74) is 3.70. The number of nitrogens with zero attached hydrogens (tertiary/aromatic N) is 3. The zero-order valence-electron chi connectivity index (χ0n) is 13.9. The van der Waals surface area contributed by atoms with Gasteiger partial charge in [-0.25, -0.2) is 0 Å². The van der Waals surface area contributed by atoms with Crippen molar-refractivity contribution >= 4 is 5.91 Å². The molecular formula is C18H22N4O2. The van der Waals surface area contributed by atoms with Crippen LogP contribution in [0.1, 0.15) is 33.4 Å². The number of nitrogens with one attached hydrogen (secondary N) is 1. The van der Waals surface area contributed by atoms with Crippen LogP contribution in [0.2, 0.25) is 0 Å². The molecule has 0 unspecified atom stereocenters. The molecule has 4 rings (SSSR count). The van der Waals surface area contributed by atoms with Crippen LogP contribution in [0, 0.1) is 6.92 Å². The summed E-state index contributed by atoms with van der Waals surface area (Å²) in [5, 5.41) is 7.22. The third-order valence-corrected chi connectivity index (χ3v) is 4.92. The first kappa shape index (κ1) is 15.4. The molecular weight excluding hydrogens is 304 g/mol. The van der Waals surface area contributed by atoms with Crippen LogP contribution < -0.4 is 0 Å². The van der Waals surface area contributed by atoms with Crippen molar-refractivity contribution in [3.63, 3.8) is 0 Å². The minimum Gasteiger partial charge on any atom is -0.379 e. The van der Waals surface area contributed by atoms with Gasteiger partial charge in [-0.1, -0.05) is 30.3 Å². The van der Waals surface area contributed by atoms with Gasteiger partial charge in [-0.2, -0.15) is 5.10 Å². The third kappa shape index (κ3) is 2.61. The summed E-state index contributed by atoms with van der Waals surface area (Å²) in [6, 6.07) is 10.2. The molecule has 1 aromatic heterocycles. The molecule has 0 spiro atoms. The van der Waals surface area contributed by atoms with Crippen LogP contribution in [-0.2, 0) is 4.74 Å².